The predicted octanol–water partition coefficient (Wildman–Crippen LogP) is 5.72. The van der Waals surface area contributed by atoms with Crippen molar-refractivity contribution in [3.8, 4) is 11.1 Å². The van der Waals surface area contributed by atoms with Crippen LogP contribution in [0, 0.1) is 6.92 Å². The lowest BCUT2D eigenvalue weighted by Gasteiger charge is -2.12. The van der Waals surface area contributed by atoms with Gasteiger partial charge in [-0.25, -0.2) is 0 Å². The molecular weight excluding hydrogens is 264 g/mol. The van der Waals surface area contributed by atoms with Gasteiger partial charge in [-0.15, -0.1) is 5.73 Å². The van der Waals surface area contributed by atoms with E-state index in [0.29, 0.717) is 0 Å². The summed E-state index contributed by atoms with van der Waals surface area (Å²) in [4.78, 5) is 0. The quantitative estimate of drug-likeness (QED) is 0.391. The van der Waals surface area contributed by atoms with E-state index >= 15 is 0 Å². The Morgan fingerprint density at radius 3 is 2.05 bits per heavy atom. The highest BCUT2D eigenvalue weighted by Crippen LogP contribution is 2.36. The molecule has 0 N–H and O–H groups in total. The topological polar surface area (TPSA) is 0 Å². The Balaban J connectivity index is 2.01. The third-order valence-corrected chi connectivity index (χ3v) is 4.16. The van der Waals surface area contributed by atoms with Crippen molar-refractivity contribution in [3.05, 3.63) is 101 Å². The van der Waals surface area contributed by atoms with Gasteiger partial charge in [0.2, 0.25) is 0 Å². The monoisotopic (exact) mass is 280 g/mol. The second kappa shape index (κ2) is 5.18. The smallest absolute Gasteiger partial charge is 0.0315 e. The molecule has 4 rings (SSSR count). The zero-order chi connectivity index (χ0) is 14.9. The highest BCUT2D eigenvalue weighted by atomic mass is 14.2. The molecule has 0 bridgehead atoms. The molecule has 0 aromatic heterocycles. The van der Waals surface area contributed by atoms with Crippen molar-refractivity contribution >= 4 is 11.6 Å². The molecule has 0 spiro atoms. The minimum absolute atomic E-state index is 1.16. The molecule has 1 aliphatic rings. The van der Waals surface area contributed by atoms with Crippen LogP contribution in [0.3, 0.4) is 0 Å². The molecule has 104 valence electrons. The summed E-state index contributed by atoms with van der Waals surface area (Å²) in [5, 5.41) is 0. The van der Waals surface area contributed by atoms with E-state index in [1.165, 1.54) is 33.4 Å². The van der Waals surface area contributed by atoms with Crippen molar-refractivity contribution in [1.82, 2.24) is 0 Å². The summed E-state index contributed by atoms with van der Waals surface area (Å²) >= 11 is 0. The summed E-state index contributed by atoms with van der Waals surface area (Å²) in [6, 6.07) is 25.8. The minimum atomic E-state index is 1.16. The van der Waals surface area contributed by atoms with Crippen LogP contribution in [-0.2, 0) is 0 Å². The molecule has 3 aromatic rings. The van der Waals surface area contributed by atoms with Crippen LogP contribution >= 0.6 is 0 Å². The van der Waals surface area contributed by atoms with Gasteiger partial charge in [0.1, 0.15) is 0 Å². The van der Waals surface area contributed by atoms with Crippen molar-refractivity contribution in [3.63, 3.8) is 0 Å². The first-order chi connectivity index (χ1) is 10.8. The fourth-order valence-corrected chi connectivity index (χ4v) is 2.99. The number of hydrogen-bond donors (Lipinski definition) is 0. The Morgan fingerprint density at radius 1 is 0.636 bits per heavy atom. The Bertz CT molecular complexity index is 905. The first-order valence-electron chi connectivity index (χ1n) is 7.55. The normalized spacial score (nSPS) is 12.1. The van der Waals surface area contributed by atoms with Gasteiger partial charge in [0.25, 0.3) is 0 Å². The number of benzene rings is 3. The molecule has 0 unspecified atom stereocenters. The van der Waals surface area contributed by atoms with E-state index in [4.69, 9.17) is 0 Å². The van der Waals surface area contributed by atoms with Gasteiger partial charge >= 0.3 is 0 Å². The number of aryl methyl sites for hydroxylation is 1. The zero-order valence-electron chi connectivity index (χ0n) is 12.5. The Morgan fingerprint density at radius 2 is 1.27 bits per heavy atom. The van der Waals surface area contributed by atoms with Gasteiger partial charge in [-0.2, -0.15) is 0 Å². The van der Waals surface area contributed by atoms with Gasteiger partial charge in [0, 0.05) is 5.57 Å². The molecule has 0 amide bonds. The van der Waals surface area contributed by atoms with Crippen LogP contribution in [0.1, 0.15) is 22.3 Å². The average Bonchev–Trinajstić information content (AvgIpc) is 2.73. The molecule has 0 heterocycles. The molecular formula is C22H16. The lowest BCUT2D eigenvalue weighted by atomic mass is 9.91. The molecule has 0 saturated heterocycles. The molecule has 0 aliphatic heterocycles. The highest BCUT2D eigenvalue weighted by Gasteiger charge is 2.14. The van der Waals surface area contributed by atoms with E-state index in [0.717, 1.165) is 5.57 Å². The molecule has 0 saturated carbocycles. The van der Waals surface area contributed by atoms with E-state index in [9.17, 15) is 0 Å². The van der Waals surface area contributed by atoms with Gasteiger partial charge in [-0.05, 0) is 40.8 Å². The standard InChI is InChI=1S/C22H16/c1-16-10-12-18(13-11-16)20-15-14-17-6-2-3-7-19(17)21-8-4-5-9-22(20)21/h2-14H,1H3. The second-order valence-electron chi connectivity index (χ2n) is 5.66. The summed E-state index contributed by atoms with van der Waals surface area (Å²) in [7, 11) is 0. The summed E-state index contributed by atoms with van der Waals surface area (Å²) in [6.45, 7) is 2.12. The minimum Gasteiger partial charge on any atom is -0.111 e. The SMILES string of the molecule is Cc1ccc(C2=C=Cc3ccccc3-c3ccccc32)cc1. The molecule has 0 radical (unpaired) electrons. The number of hydrogen-bond acceptors (Lipinski definition) is 0. The zero-order valence-corrected chi connectivity index (χ0v) is 12.5. The van der Waals surface area contributed by atoms with Crippen LogP contribution in [-0.4, -0.2) is 0 Å². The van der Waals surface area contributed by atoms with Crippen LogP contribution < -0.4 is 0 Å². The average molecular weight is 280 g/mol. The van der Waals surface area contributed by atoms with Gasteiger partial charge in [0.15, 0.2) is 0 Å². The Kier molecular flexibility index (Phi) is 3.04. The van der Waals surface area contributed by atoms with Gasteiger partial charge in [-0.1, -0.05) is 78.4 Å². The number of rotatable bonds is 1. The van der Waals surface area contributed by atoms with E-state index in [2.05, 4.69) is 91.5 Å². The molecule has 0 heteroatoms. The lowest BCUT2D eigenvalue weighted by Crippen LogP contribution is -1.91. The molecule has 3 aromatic carbocycles. The van der Waals surface area contributed by atoms with E-state index < -0.39 is 0 Å². The van der Waals surface area contributed by atoms with Crippen LogP contribution in [0.15, 0.2) is 78.5 Å². The molecule has 0 fully saturated rings. The van der Waals surface area contributed by atoms with Gasteiger partial charge in [-0.3, -0.25) is 0 Å². The first kappa shape index (κ1) is 12.9. The number of fused-ring (bicyclic) bond motifs is 3. The third kappa shape index (κ3) is 2.11. The molecule has 0 atom stereocenters. The van der Waals surface area contributed by atoms with E-state index in [1.807, 2.05) is 0 Å². The summed E-state index contributed by atoms with van der Waals surface area (Å²) < 4.78 is 0. The van der Waals surface area contributed by atoms with Crippen molar-refractivity contribution in [2.45, 2.75) is 6.92 Å². The largest absolute Gasteiger partial charge is 0.111 e. The summed E-state index contributed by atoms with van der Waals surface area (Å²) in [6.07, 6.45) is 2.10. The van der Waals surface area contributed by atoms with Crippen LogP contribution in [0.2, 0.25) is 0 Å². The predicted molar refractivity (Wildman–Crippen MR) is 93.5 cm³/mol. The van der Waals surface area contributed by atoms with Gasteiger partial charge < -0.3 is 0 Å². The maximum absolute atomic E-state index is 3.52. The fourth-order valence-electron chi connectivity index (χ4n) is 2.99. The Labute approximate surface area is 131 Å². The first-order valence-corrected chi connectivity index (χ1v) is 7.55. The molecule has 22 heavy (non-hydrogen) atoms. The van der Waals surface area contributed by atoms with Crippen molar-refractivity contribution < 1.29 is 0 Å². The van der Waals surface area contributed by atoms with E-state index in [-0.39, 0.29) is 0 Å². The van der Waals surface area contributed by atoms with Crippen molar-refractivity contribution in [2.75, 3.05) is 0 Å². The van der Waals surface area contributed by atoms with Crippen LogP contribution in [0.4, 0.5) is 0 Å². The maximum atomic E-state index is 3.52. The summed E-state index contributed by atoms with van der Waals surface area (Å²) in [5.74, 6) is 0. The maximum Gasteiger partial charge on any atom is 0.0315 e. The molecule has 1 aliphatic carbocycles. The summed E-state index contributed by atoms with van der Waals surface area (Å²) in [5.41, 5.74) is 12.2. The van der Waals surface area contributed by atoms with Gasteiger partial charge in [0.05, 0.1) is 0 Å². The highest BCUT2D eigenvalue weighted by molar-refractivity contribution is 5.94. The van der Waals surface area contributed by atoms with E-state index in [1.54, 1.807) is 0 Å². The molecule has 0 nitrogen and oxygen atoms in total. The third-order valence-electron chi connectivity index (χ3n) is 4.16. The lowest BCUT2D eigenvalue weighted by molar-refractivity contribution is 1.45. The van der Waals surface area contributed by atoms with Crippen LogP contribution in [0.25, 0.3) is 22.8 Å². The Hall–Kier alpha value is -2.82. The van der Waals surface area contributed by atoms with Crippen molar-refractivity contribution in [1.29, 1.82) is 0 Å². The fraction of sp³-hybridized carbons (Fsp3) is 0.0455. The van der Waals surface area contributed by atoms with Crippen molar-refractivity contribution in [2.24, 2.45) is 0 Å². The van der Waals surface area contributed by atoms with Crippen LogP contribution in [0.5, 0.6) is 0 Å². The second-order valence-corrected chi connectivity index (χ2v) is 5.66.